The van der Waals surface area contributed by atoms with Crippen LogP contribution in [0.5, 0.6) is 0 Å². The zero-order valence-corrected chi connectivity index (χ0v) is 17.6. The van der Waals surface area contributed by atoms with E-state index >= 15 is 0 Å². The topological polar surface area (TPSA) is 58.4 Å². The summed E-state index contributed by atoms with van der Waals surface area (Å²) in [6, 6.07) is 14.3. The van der Waals surface area contributed by atoms with Gasteiger partial charge in [0.1, 0.15) is 0 Å². The second-order valence-corrected chi connectivity index (χ2v) is 9.21. The van der Waals surface area contributed by atoms with Gasteiger partial charge in [0.15, 0.2) is 0 Å². The van der Waals surface area contributed by atoms with Crippen LogP contribution in [0.1, 0.15) is 49.1 Å². The standard InChI is InChI=1S/C23H29N3O2S/c27-26(28)22-16-18(17-25-14-2-1-3-15-25)4-9-23(22)29-21-7-5-19(6-8-21)20-10-12-24-13-11-20/h4-9,16,20,24H,1-3,10-15,17H2. The van der Waals surface area contributed by atoms with Gasteiger partial charge < -0.3 is 5.32 Å². The van der Waals surface area contributed by atoms with Crippen molar-refractivity contribution in [1.82, 2.24) is 10.2 Å². The second kappa shape index (κ2) is 9.74. The summed E-state index contributed by atoms with van der Waals surface area (Å²) in [6.45, 7) is 5.15. The molecule has 2 aromatic carbocycles. The van der Waals surface area contributed by atoms with Crippen molar-refractivity contribution in [2.24, 2.45) is 0 Å². The smallest absolute Gasteiger partial charge is 0.283 e. The third kappa shape index (κ3) is 5.38. The molecule has 1 N–H and O–H groups in total. The molecule has 0 bridgehead atoms. The van der Waals surface area contributed by atoms with Crippen molar-refractivity contribution in [2.45, 2.75) is 54.4 Å². The minimum Gasteiger partial charge on any atom is -0.317 e. The Labute approximate surface area is 177 Å². The zero-order chi connectivity index (χ0) is 20.1. The molecule has 2 aromatic rings. The van der Waals surface area contributed by atoms with Gasteiger partial charge in [-0.3, -0.25) is 15.0 Å². The molecule has 0 amide bonds. The predicted octanol–water partition coefficient (Wildman–Crippen LogP) is 5.20. The quantitative estimate of drug-likeness (QED) is 0.523. The normalized spacial score (nSPS) is 18.6. The van der Waals surface area contributed by atoms with Gasteiger partial charge in [-0.25, -0.2) is 0 Å². The third-order valence-electron chi connectivity index (χ3n) is 5.99. The van der Waals surface area contributed by atoms with E-state index in [-0.39, 0.29) is 10.6 Å². The summed E-state index contributed by atoms with van der Waals surface area (Å²) in [5.41, 5.74) is 2.62. The van der Waals surface area contributed by atoms with Gasteiger partial charge in [-0.05, 0) is 87.1 Å². The first-order valence-corrected chi connectivity index (χ1v) is 11.5. The Morgan fingerprint density at radius 1 is 1.03 bits per heavy atom. The van der Waals surface area contributed by atoms with E-state index in [4.69, 9.17) is 0 Å². The van der Waals surface area contributed by atoms with Crippen molar-refractivity contribution < 1.29 is 4.92 Å². The van der Waals surface area contributed by atoms with E-state index in [0.717, 1.165) is 43.2 Å². The lowest BCUT2D eigenvalue weighted by Gasteiger charge is -2.26. The lowest BCUT2D eigenvalue weighted by atomic mass is 9.90. The van der Waals surface area contributed by atoms with Gasteiger partial charge in [-0.1, -0.05) is 36.4 Å². The van der Waals surface area contributed by atoms with Crippen LogP contribution < -0.4 is 5.32 Å². The van der Waals surface area contributed by atoms with Crippen LogP contribution in [-0.4, -0.2) is 36.0 Å². The van der Waals surface area contributed by atoms with Gasteiger partial charge in [-0.15, -0.1) is 0 Å². The molecule has 29 heavy (non-hydrogen) atoms. The van der Waals surface area contributed by atoms with Gasteiger partial charge in [0.25, 0.3) is 5.69 Å². The van der Waals surface area contributed by atoms with Gasteiger partial charge >= 0.3 is 0 Å². The van der Waals surface area contributed by atoms with E-state index in [0.29, 0.717) is 10.8 Å². The SMILES string of the molecule is O=[N+]([O-])c1cc(CN2CCCCC2)ccc1Sc1ccc(C2CCNCC2)cc1. The summed E-state index contributed by atoms with van der Waals surface area (Å²) in [7, 11) is 0. The van der Waals surface area contributed by atoms with Crippen molar-refractivity contribution in [3.05, 3.63) is 63.7 Å². The minimum absolute atomic E-state index is 0.215. The highest BCUT2D eigenvalue weighted by Crippen LogP contribution is 2.36. The maximum Gasteiger partial charge on any atom is 0.283 e. The van der Waals surface area contributed by atoms with E-state index in [1.165, 1.54) is 49.4 Å². The molecule has 0 saturated carbocycles. The first-order chi connectivity index (χ1) is 14.2. The molecule has 6 heteroatoms. The summed E-state index contributed by atoms with van der Waals surface area (Å²) < 4.78 is 0. The Morgan fingerprint density at radius 3 is 2.45 bits per heavy atom. The summed E-state index contributed by atoms with van der Waals surface area (Å²) in [5.74, 6) is 0.624. The molecule has 0 unspecified atom stereocenters. The summed E-state index contributed by atoms with van der Waals surface area (Å²) >= 11 is 1.49. The fourth-order valence-electron chi connectivity index (χ4n) is 4.36. The Morgan fingerprint density at radius 2 is 1.76 bits per heavy atom. The molecule has 2 saturated heterocycles. The molecule has 0 spiro atoms. The van der Waals surface area contributed by atoms with Gasteiger partial charge in [0.2, 0.25) is 0 Å². The fourth-order valence-corrected chi connectivity index (χ4v) is 5.26. The maximum atomic E-state index is 11.7. The number of rotatable bonds is 6. The van der Waals surface area contributed by atoms with Crippen molar-refractivity contribution in [2.75, 3.05) is 26.2 Å². The molecule has 4 rings (SSSR count). The van der Waals surface area contributed by atoms with Crippen LogP contribution in [0.3, 0.4) is 0 Å². The van der Waals surface area contributed by atoms with Crippen LogP contribution in [0.4, 0.5) is 5.69 Å². The van der Waals surface area contributed by atoms with Crippen LogP contribution in [0.25, 0.3) is 0 Å². The van der Waals surface area contributed by atoms with Crippen LogP contribution in [0, 0.1) is 10.1 Å². The van der Waals surface area contributed by atoms with Crippen LogP contribution >= 0.6 is 11.8 Å². The van der Waals surface area contributed by atoms with Crippen molar-refractivity contribution in [3.8, 4) is 0 Å². The average Bonchev–Trinajstić information content (AvgIpc) is 2.76. The lowest BCUT2D eigenvalue weighted by Crippen LogP contribution is -2.29. The molecule has 0 radical (unpaired) electrons. The molecule has 0 aliphatic carbocycles. The monoisotopic (exact) mass is 411 g/mol. The van der Waals surface area contributed by atoms with Crippen molar-refractivity contribution in [1.29, 1.82) is 0 Å². The minimum atomic E-state index is -0.245. The molecular weight excluding hydrogens is 382 g/mol. The largest absolute Gasteiger partial charge is 0.317 e. The highest BCUT2D eigenvalue weighted by molar-refractivity contribution is 7.99. The number of piperidine rings is 2. The molecule has 0 aromatic heterocycles. The molecule has 0 atom stereocenters. The Bertz CT molecular complexity index is 829. The molecule has 154 valence electrons. The first kappa shape index (κ1) is 20.4. The average molecular weight is 412 g/mol. The van der Waals surface area contributed by atoms with Crippen molar-refractivity contribution in [3.63, 3.8) is 0 Å². The fraction of sp³-hybridized carbons (Fsp3) is 0.478. The Hall–Kier alpha value is -1.89. The lowest BCUT2D eigenvalue weighted by molar-refractivity contribution is -0.387. The number of likely N-dealkylation sites (tertiary alicyclic amines) is 1. The third-order valence-corrected chi connectivity index (χ3v) is 7.07. The van der Waals surface area contributed by atoms with Crippen LogP contribution in [0.15, 0.2) is 52.3 Å². The van der Waals surface area contributed by atoms with E-state index in [2.05, 4.69) is 34.5 Å². The number of nitrogens with one attached hydrogen (secondary N) is 1. The Kier molecular flexibility index (Phi) is 6.85. The highest BCUT2D eigenvalue weighted by atomic mass is 32.2. The first-order valence-electron chi connectivity index (χ1n) is 10.7. The van der Waals surface area contributed by atoms with Crippen molar-refractivity contribution >= 4 is 17.4 Å². The highest BCUT2D eigenvalue weighted by Gasteiger charge is 2.19. The van der Waals surface area contributed by atoms with Crippen LogP contribution in [0.2, 0.25) is 0 Å². The van der Waals surface area contributed by atoms with E-state index in [9.17, 15) is 10.1 Å². The predicted molar refractivity (Wildman–Crippen MR) is 118 cm³/mol. The summed E-state index contributed by atoms with van der Waals surface area (Å²) in [6.07, 6.45) is 6.10. The van der Waals surface area contributed by atoms with E-state index < -0.39 is 0 Å². The maximum absolute atomic E-state index is 11.7. The van der Waals surface area contributed by atoms with Gasteiger partial charge in [-0.2, -0.15) is 0 Å². The van der Waals surface area contributed by atoms with E-state index in [1.54, 1.807) is 6.07 Å². The molecule has 2 fully saturated rings. The van der Waals surface area contributed by atoms with Gasteiger partial charge in [0.05, 0.1) is 9.82 Å². The zero-order valence-electron chi connectivity index (χ0n) is 16.8. The molecule has 2 heterocycles. The Balaban J connectivity index is 1.46. The number of nitro benzene ring substituents is 1. The molecule has 2 aliphatic rings. The van der Waals surface area contributed by atoms with Crippen LogP contribution in [-0.2, 0) is 6.54 Å². The summed E-state index contributed by atoms with van der Waals surface area (Å²) in [4.78, 5) is 15.6. The molecular formula is C23H29N3O2S. The summed E-state index contributed by atoms with van der Waals surface area (Å²) in [5, 5.41) is 15.1. The number of nitro groups is 1. The number of nitrogens with zero attached hydrogens (tertiary/aromatic N) is 2. The molecule has 5 nitrogen and oxygen atoms in total. The van der Waals surface area contributed by atoms with E-state index in [1.807, 2.05) is 12.1 Å². The number of hydrogen-bond donors (Lipinski definition) is 1. The number of benzene rings is 2. The number of hydrogen-bond acceptors (Lipinski definition) is 5. The second-order valence-electron chi connectivity index (χ2n) is 8.09. The van der Waals surface area contributed by atoms with Gasteiger partial charge in [0, 0.05) is 17.5 Å². The molecule has 2 aliphatic heterocycles.